The molecule has 0 spiro atoms. The lowest BCUT2D eigenvalue weighted by molar-refractivity contribution is -0.131. The number of carboxylic acids is 1. The molecule has 0 fully saturated rings. The first-order valence-electron chi connectivity index (χ1n) is 4.36. The highest BCUT2D eigenvalue weighted by Gasteiger charge is 2.05. The summed E-state index contributed by atoms with van der Waals surface area (Å²) in [4.78, 5) is 21.5. The molecule has 1 rings (SSSR count). The van der Waals surface area contributed by atoms with E-state index in [4.69, 9.17) is 10.8 Å². The number of anilines is 2. The number of rotatable bonds is 3. The Morgan fingerprint density at radius 2 is 1.76 bits per heavy atom. The van der Waals surface area contributed by atoms with Gasteiger partial charge in [-0.05, 0) is 44.0 Å². The molecule has 0 saturated carbocycles. The lowest BCUT2D eigenvalue weighted by atomic mass is 10.3. The van der Waals surface area contributed by atoms with E-state index in [2.05, 4.69) is 37.2 Å². The first kappa shape index (κ1) is 13.7. The van der Waals surface area contributed by atoms with Gasteiger partial charge in [0.25, 0.3) is 0 Å². The minimum absolute atomic E-state index is 0.498. The normalized spacial score (nSPS) is 10.5. The van der Waals surface area contributed by atoms with Crippen LogP contribution in [-0.4, -0.2) is 17.0 Å². The Labute approximate surface area is 114 Å². The van der Waals surface area contributed by atoms with Gasteiger partial charge in [0.2, 0.25) is 5.91 Å². The largest absolute Gasteiger partial charge is 0.478 e. The third-order valence-electron chi connectivity index (χ3n) is 1.72. The Morgan fingerprint density at radius 1 is 1.24 bits per heavy atom. The molecule has 1 aromatic carbocycles. The summed E-state index contributed by atoms with van der Waals surface area (Å²) in [6.07, 6.45) is 1.69. The number of benzene rings is 1. The zero-order chi connectivity index (χ0) is 13.0. The van der Waals surface area contributed by atoms with E-state index in [-0.39, 0.29) is 0 Å². The molecule has 7 heteroatoms. The van der Waals surface area contributed by atoms with Gasteiger partial charge in [-0.1, -0.05) is 0 Å². The van der Waals surface area contributed by atoms with Crippen LogP contribution in [0.15, 0.2) is 33.2 Å². The summed E-state index contributed by atoms with van der Waals surface area (Å²) in [5.74, 6) is -1.71. The molecule has 0 radical (unpaired) electrons. The number of carbonyl (C=O) groups excluding carboxylic acids is 1. The van der Waals surface area contributed by atoms with Gasteiger partial charge in [0.1, 0.15) is 0 Å². The van der Waals surface area contributed by atoms with E-state index in [9.17, 15) is 9.59 Å². The van der Waals surface area contributed by atoms with Gasteiger partial charge < -0.3 is 16.2 Å². The number of halogens is 2. The highest BCUT2D eigenvalue weighted by molar-refractivity contribution is 9.11. The fraction of sp³-hybridized carbons (Fsp3) is 0. The Morgan fingerprint density at radius 3 is 2.24 bits per heavy atom. The number of aliphatic carboxylic acids is 1. The minimum atomic E-state index is -1.18. The van der Waals surface area contributed by atoms with Gasteiger partial charge in [0.15, 0.2) is 0 Å². The highest BCUT2D eigenvalue weighted by atomic mass is 79.9. The van der Waals surface area contributed by atoms with E-state index < -0.39 is 11.9 Å². The second-order valence-corrected chi connectivity index (χ2v) is 4.72. The third-order valence-corrected chi connectivity index (χ3v) is 3.04. The quantitative estimate of drug-likeness (QED) is 0.567. The number of nitrogen functional groups attached to an aromatic ring is 1. The average molecular weight is 364 g/mol. The van der Waals surface area contributed by atoms with Gasteiger partial charge >= 0.3 is 5.97 Å². The molecule has 0 heterocycles. The fourth-order valence-corrected chi connectivity index (χ4v) is 2.17. The predicted octanol–water partition coefficient (Wildman–Crippen LogP) is 2.37. The van der Waals surface area contributed by atoms with E-state index >= 15 is 0 Å². The number of hydrogen-bond acceptors (Lipinski definition) is 3. The van der Waals surface area contributed by atoms with Crippen molar-refractivity contribution >= 4 is 55.1 Å². The van der Waals surface area contributed by atoms with Gasteiger partial charge in [0, 0.05) is 26.8 Å². The van der Waals surface area contributed by atoms with Crippen molar-refractivity contribution in [3.63, 3.8) is 0 Å². The maximum absolute atomic E-state index is 11.3. The van der Waals surface area contributed by atoms with Gasteiger partial charge in [-0.2, -0.15) is 0 Å². The van der Waals surface area contributed by atoms with Crippen LogP contribution < -0.4 is 11.1 Å². The van der Waals surface area contributed by atoms with Crippen molar-refractivity contribution in [1.29, 1.82) is 0 Å². The lowest BCUT2D eigenvalue weighted by Crippen LogP contribution is -2.09. The smallest absolute Gasteiger partial charge is 0.328 e. The van der Waals surface area contributed by atoms with Crippen LogP contribution in [-0.2, 0) is 9.59 Å². The zero-order valence-corrected chi connectivity index (χ0v) is 11.6. The summed E-state index contributed by atoms with van der Waals surface area (Å²) < 4.78 is 1.26. The van der Waals surface area contributed by atoms with E-state index in [0.717, 1.165) is 12.2 Å². The molecule has 0 unspecified atom stereocenters. The Kier molecular flexibility index (Phi) is 4.71. The minimum Gasteiger partial charge on any atom is -0.478 e. The predicted molar refractivity (Wildman–Crippen MR) is 71.7 cm³/mol. The summed E-state index contributed by atoms with van der Waals surface area (Å²) in [5.41, 5.74) is 6.70. The molecule has 5 nitrogen and oxygen atoms in total. The van der Waals surface area contributed by atoms with E-state index in [1.54, 1.807) is 12.1 Å². The maximum Gasteiger partial charge on any atom is 0.328 e. The van der Waals surface area contributed by atoms with Crippen molar-refractivity contribution in [1.82, 2.24) is 0 Å². The summed E-state index contributed by atoms with van der Waals surface area (Å²) in [7, 11) is 0. The molecule has 0 aromatic heterocycles. The van der Waals surface area contributed by atoms with Gasteiger partial charge in [-0.25, -0.2) is 4.79 Å². The van der Waals surface area contributed by atoms with Gasteiger partial charge in [-0.3, -0.25) is 4.79 Å². The summed E-state index contributed by atoms with van der Waals surface area (Å²) in [6.45, 7) is 0. The van der Waals surface area contributed by atoms with Crippen molar-refractivity contribution in [3.05, 3.63) is 33.2 Å². The number of nitrogens with two attached hydrogens (primary N) is 1. The number of carboxylic acid groups (broad SMARTS) is 1. The number of amides is 1. The number of nitrogens with one attached hydrogen (secondary N) is 1. The van der Waals surface area contributed by atoms with Crippen LogP contribution in [0.1, 0.15) is 0 Å². The highest BCUT2D eigenvalue weighted by Crippen LogP contribution is 2.31. The van der Waals surface area contributed by atoms with Crippen molar-refractivity contribution in [3.8, 4) is 0 Å². The maximum atomic E-state index is 11.3. The molecule has 1 amide bonds. The Hall–Kier alpha value is -1.34. The molecule has 0 aliphatic heterocycles. The molecular formula is C10H8Br2N2O3. The summed E-state index contributed by atoms with van der Waals surface area (Å²) in [5, 5.41) is 10.9. The Bertz CT molecular complexity index is 477. The van der Waals surface area contributed by atoms with E-state index in [1.165, 1.54) is 0 Å². The second-order valence-electron chi connectivity index (χ2n) is 3.01. The molecule has 0 atom stereocenters. The summed E-state index contributed by atoms with van der Waals surface area (Å²) >= 11 is 6.46. The molecule has 0 saturated heterocycles. The number of hydrogen-bond donors (Lipinski definition) is 3. The second kappa shape index (κ2) is 5.83. The molecule has 90 valence electrons. The first-order chi connectivity index (χ1) is 7.90. The van der Waals surface area contributed by atoms with Crippen molar-refractivity contribution in [2.24, 2.45) is 0 Å². The van der Waals surface area contributed by atoms with E-state index in [0.29, 0.717) is 20.3 Å². The van der Waals surface area contributed by atoms with Crippen LogP contribution in [0, 0.1) is 0 Å². The van der Waals surface area contributed by atoms with Crippen LogP contribution >= 0.6 is 31.9 Å². The van der Waals surface area contributed by atoms with E-state index in [1.807, 2.05) is 0 Å². The lowest BCUT2D eigenvalue weighted by Gasteiger charge is -2.06. The molecule has 0 aliphatic carbocycles. The molecular weight excluding hydrogens is 356 g/mol. The van der Waals surface area contributed by atoms with Crippen LogP contribution in [0.3, 0.4) is 0 Å². The van der Waals surface area contributed by atoms with Crippen molar-refractivity contribution in [2.75, 3.05) is 11.1 Å². The monoisotopic (exact) mass is 362 g/mol. The van der Waals surface area contributed by atoms with Gasteiger partial charge in [-0.15, -0.1) is 0 Å². The molecule has 4 N–H and O–H groups in total. The molecule has 1 aromatic rings. The third kappa shape index (κ3) is 4.20. The molecule has 0 bridgehead atoms. The standard InChI is InChI=1S/C10H8Br2N2O3/c11-6-3-5(4-7(12)10(6)13)14-8(15)1-2-9(16)17/h1-4H,13H2,(H,14,15)(H,16,17)/b2-1+. The zero-order valence-electron chi connectivity index (χ0n) is 8.41. The SMILES string of the molecule is Nc1c(Br)cc(NC(=O)/C=C/C(=O)O)cc1Br. The average Bonchev–Trinajstić information content (AvgIpc) is 2.23. The first-order valence-corrected chi connectivity index (χ1v) is 5.95. The van der Waals surface area contributed by atoms with Crippen molar-refractivity contribution in [2.45, 2.75) is 0 Å². The van der Waals surface area contributed by atoms with Crippen LogP contribution in [0.2, 0.25) is 0 Å². The fourth-order valence-electron chi connectivity index (χ4n) is 0.987. The van der Waals surface area contributed by atoms with Crippen molar-refractivity contribution < 1.29 is 14.7 Å². The Balaban J connectivity index is 2.82. The summed E-state index contributed by atoms with van der Waals surface area (Å²) in [6, 6.07) is 3.24. The van der Waals surface area contributed by atoms with Crippen LogP contribution in [0.25, 0.3) is 0 Å². The topological polar surface area (TPSA) is 92.4 Å². The number of carbonyl (C=O) groups is 2. The van der Waals surface area contributed by atoms with Crippen LogP contribution in [0.4, 0.5) is 11.4 Å². The molecule has 17 heavy (non-hydrogen) atoms. The van der Waals surface area contributed by atoms with Gasteiger partial charge in [0.05, 0.1) is 5.69 Å². The van der Waals surface area contributed by atoms with Crippen LogP contribution in [0.5, 0.6) is 0 Å². The molecule has 0 aliphatic rings.